The third-order valence-electron chi connectivity index (χ3n) is 4.86. The van der Waals surface area contributed by atoms with Gasteiger partial charge in [0.15, 0.2) is 0 Å². The molecule has 0 saturated heterocycles. The number of aromatic nitrogens is 2. The SMILES string of the molecule is CC(C)c1ccc(NC(=O)c2cnc(NCCC3=CCCCC3)cn2)cc1. The number of allylic oxidation sites excluding steroid dienone is 1. The van der Waals surface area contributed by atoms with Gasteiger partial charge in [-0.15, -0.1) is 0 Å². The highest BCUT2D eigenvalue weighted by atomic mass is 16.1. The van der Waals surface area contributed by atoms with Crippen molar-refractivity contribution < 1.29 is 4.79 Å². The molecule has 0 atom stereocenters. The van der Waals surface area contributed by atoms with E-state index in [-0.39, 0.29) is 5.91 Å². The minimum absolute atomic E-state index is 0.251. The Morgan fingerprint density at radius 2 is 1.93 bits per heavy atom. The van der Waals surface area contributed by atoms with E-state index in [1.54, 1.807) is 6.20 Å². The first-order valence-electron chi connectivity index (χ1n) is 9.77. The highest BCUT2D eigenvalue weighted by molar-refractivity contribution is 6.02. The molecule has 0 spiro atoms. The van der Waals surface area contributed by atoms with Crippen molar-refractivity contribution in [3.05, 3.63) is 59.6 Å². The summed E-state index contributed by atoms with van der Waals surface area (Å²) in [5, 5.41) is 6.14. The fraction of sp³-hybridized carbons (Fsp3) is 0.409. The van der Waals surface area contributed by atoms with Gasteiger partial charge in [0.2, 0.25) is 0 Å². The molecule has 27 heavy (non-hydrogen) atoms. The van der Waals surface area contributed by atoms with Crippen molar-refractivity contribution in [2.45, 2.75) is 51.9 Å². The van der Waals surface area contributed by atoms with Gasteiger partial charge in [0, 0.05) is 12.2 Å². The number of hydrogen-bond acceptors (Lipinski definition) is 4. The van der Waals surface area contributed by atoms with Gasteiger partial charge in [0.25, 0.3) is 5.91 Å². The van der Waals surface area contributed by atoms with Crippen LogP contribution in [-0.2, 0) is 0 Å². The molecule has 0 saturated carbocycles. The van der Waals surface area contributed by atoms with Crippen LogP contribution in [0.1, 0.15) is 67.9 Å². The van der Waals surface area contributed by atoms with Crippen LogP contribution in [0.2, 0.25) is 0 Å². The molecule has 5 heteroatoms. The fourth-order valence-electron chi connectivity index (χ4n) is 3.17. The highest BCUT2D eigenvalue weighted by Gasteiger charge is 2.09. The second-order valence-corrected chi connectivity index (χ2v) is 7.30. The van der Waals surface area contributed by atoms with E-state index >= 15 is 0 Å². The van der Waals surface area contributed by atoms with Crippen molar-refractivity contribution in [2.24, 2.45) is 0 Å². The van der Waals surface area contributed by atoms with E-state index in [1.165, 1.54) is 43.0 Å². The number of nitrogens with zero attached hydrogens (tertiary/aromatic N) is 2. The average Bonchev–Trinajstić information content (AvgIpc) is 2.70. The summed E-state index contributed by atoms with van der Waals surface area (Å²) in [6.07, 6.45) is 11.6. The number of carbonyl (C=O) groups is 1. The summed E-state index contributed by atoms with van der Waals surface area (Å²) >= 11 is 0. The zero-order chi connectivity index (χ0) is 19.1. The fourth-order valence-corrected chi connectivity index (χ4v) is 3.17. The first kappa shape index (κ1) is 19.1. The van der Waals surface area contributed by atoms with Gasteiger partial charge < -0.3 is 10.6 Å². The van der Waals surface area contributed by atoms with Crippen LogP contribution in [-0.4, -0.2) is 22.4 Å². The summed E-state index contributed by atoms with van der Waals surface area (Å²) < 4.78 is 0. The highest BCUT2D eigenvalue weighted by Crippen LogP contribution is 2.20. The first-order valence-corrected chi connectivity index (χ1v) is 9.77. The van der Waals surface area contributed by atoms with E-state index < -0.39 is 0 Å². The van der Waals surface area contributed by atoms with Crippen molar-refractivity contribution in [2.75, 3.05) is 17.2 Å². The molecule has 1 heterocycles. The van der Waals surface area contributed by atoms with Gasteiger partial charge in [-0.1, -0.05) is 37.6 Å². The van der Waals surface area contributed by atoms with Gasteiger partial charge >= 0.3 is 0 Å². The standard InChI is InChI=1S/C22H28N4O/c1-16(2)18-8-10-19(11-9-18)26-22(27)20-14-25-21(15-24-20)23-13-12-17-6-4-3-5-7-17/h6,8-11,14-16H,3-5,7,12-13H2,1-2H3,(H,23,25)(H,26,27). The smallest absolute Gasteiger partial charge is 0.275 e. The van der Waals surface area contributed by atoms with E-state index in [4.69, 9.17) is 0 Å². The number of nitrogens with one attached hydrogen (secondary N) is 2. The van der Waals surface area contributed by atoms with E-state index in [2.05, 4.69) is 40.5 Å². The van der Waals surface area contributed by atoms with Crippen LogP contribution in [0.4, 0.5) is 11.5 Å². The monoisotopic (exact) mass is 364 g/mol. The molecular weight excluding hydrogens is 336 g/mol. The molecule has 142 valence electrons. The van der Waals surface area contributed by atoms with Gasteiger partial charge in [-0.25, -0.2) is 9.97 Å². The number of hydrogen-bond donors (Lipinski definition) is 2. The van der Waals surface area contributed by atoms with Crippen LogP contribution in [0.15, 0.2) is 48.3 Å². The lowest BCUT2D eigenvalue weighted by atomic mass is 9.97. The summed E-state index contributed by atoms with van der Waals surface area (Å²) in [7, 11) is 0. The maximum Gasteiger partial charge on any atom is 0.275 e. The molecular formula is C22H28N4O. The molecule has 2 N–H and O–H groups in total. The summed E-state index contributed by atoms with van der Waals surface area (Å²) in [5.41, 5.74) is 3.84. The van der Waals surface area contributed by atoms with Crippen LogP contribution in [0.5, 0.6) is 0 Å². The molecule has 1 aliphatic carbocycles. The molecule has 0 unspecified atom stereocenters. The molecule has 0 bridgehead atoms. The minimum Gasteiger partial charge on any atom is -0.368 e. The van der Waals surface area contributed by atoms with E-state index in [0.29, 0.717) is 17.4 Å². The predicted molar refractivity (Wildman–Crippen MR) is 110 cm³/mol. The topological polar surface area (TPSA) is 66.9 Å². The van der Waals surface area contributed by atoms with Crippen molar-refractivity contribution >= 4 is 17.4 Å². The zero-order valence-electron chi connectivity index (χ0n) is 16.2. The summed E-state index contributed by atoms with van der Waals surface area (Å²) in [6, 6.07) is 7.88. The van der Waals surface area contributed by atoms with Crippen LogP contribution in [0.25, 0.3) is 0 Å². The van der Waals surface area contributed by atoms with Crippen LogP contribution < -0.4 is 10.6 Å². The Hall–Kier alpha value is -2.69. The molecule has 1 aliphatic rings. The Labute approximate surface area is 161 Å². The Bertz CT molecular complexity index is 779. The Morgan fingerprint density at radius 3 is 2.56 bits per heavy atom. The third-order valence-corrected chi connectivity index (χ3v) is 4.86. The van der Waals surface area contributed by atoms with Crippen LogP contribution >= 0.6 is 0 Å². The molecule has 1 aromatic heterocycles. The van der Waals surface area contributed by atoms with Crippen molar-refractivity contribution in [3.63, 3.8) is 0 Å². The van der Waals surface area contributed by atoms with E-state index in [0.717, 1.165) is 18.7 Å². The number of carbonyl (C=O) groups excluding carboxylic acids is 1. The van der Waals surface area contributed by atoms with Gasteiger partial charge in [-0.05, 0) is 55.7 Å². The van der Waals surface area contributed by atoms with Crippen LogP contribution in [0, 0.1) is 0 Å². The zero-order valence-corrected chi connectivity index (χ0v) is 16.2. The number of amides is 1. The molecule has 0 fully saturated rings. The Morgan fingerprint density at radius 1 is 1.11 bits per heavy atom. The molecule has 0 aliphatic heterocycles. The molecule has 1 amide bonds. The van der Waals surface area contributed by atoms with E-state index in [9.17, 15) is 4.79 Å². The lowest BCUT2D eigenvalue weighted by molar-refractivity contribution is 0.102. The quantitative estimate of drug-likeness (QED) is 0.666. The molecule has 1 aromatic carbocycles. The molecule has 5 nitrogen and oxygen atoms in total. The van der Waals surface area contributed by atoms with Crippen molar-refractivity contribution in [3.8, 4) is 0 Å². The van der Waals surface area contributed by atoms with Crippen LogP contribution in [0.3, 0.4) is 0 Å². The van der Waals surface area contributed by atoms with Crippen molar-refractivity contribution in [1.82, 2.24) is 9.97 Å². The normalized spacial score (nSPS) is 14.0. The van der Waals surface area contributed by atoms with Gasteiger partial charge in [-0.2, -0.15) is 0 Å². The Balaban J connectivity index is 1.50. The maximum atomic E-state index is 12.3. The predicted octanol–water partition coefficient (Wildman–Crippen LogP) is 5.15. The largest absolute Gasteiger partial charge is 0.368 e. The number of anilines is 2. The average molecular weight is 364 g/mol. The first-order chi connectivity index (χ1) is 13.1. The van der Waals surface area contributed by atoms with E-state index in [1.807, 2.05) is 24.3 Å². The lowest BCUT2D eigenvalue weighted by Gasteiger charge is -2.13. The number of rotatable bonds is 7. The minimum atomic E-state index is -0.251. The number of benzene rings is 1. The second-order valence-electron chi connectivity index (χ2n) is 7.30. The molecule has 3 rings (SSSR count). The maximum absolute atomic E-state index is 12.3. The summed E-state index contributed by atoms with van der Waals surface area (Å²) in [5.74, 6) is 0.915. The second kappa shape index (κ2) is 9.31. The van der Waals surface area contributed by atoms with Gasteiger partial charge in [0.05, 0.1) is 12.4 Å². The van der Waals surface area contributed by atoms with Crippen molar-refractivity contribution in [1.29, 1.82) is 0 Å². The summed E-state index contributed by atoms with van der Waals surface area (Å²) in [6.45, 7) is 5.13. The summed E-state index contributed by atoms with van der Waals surface area (Å²) in [4.78, 5) is 20.9. The molecule has 0 radical (unpaired) electrons. The Kier molecular flexibility index (Phi) is 6.58. The van der Waals surface area contributed by atoms with Gasteiger partial charge in [-0.3, -0.25) is 4.79 Å². The lowest BCUT2D eigenvalue weighted by Crippen LogP contribution is -2.15. The third kappa shape index (κ3) is 5.64. The van der Waals surface area contributed by atoms with Gasteiger partial charge in [0.1, 0.15) is 11.5 Å². The molecule has 2 aromatic rings.